The molecule has 1 aromatic heterocycles. The highest BCUT2D eigenvalue weighted by molar-refractivity contribution is 5.80. The molecule has 3 aromatic rings. The molecule has 0 fully saturated rings. The molecule has 0 radical (unpaired) electrons. The van der Waals surface area contributed by atoms with Gasteiger partial charge in [0.25, 0.3) is 0 Å². The number of benzene rings is 2. The van der Waals surface area contributed by atoms with Crippen molar-refractivity contribution in [2.75, 3.05) is 0 Å². The van der Waals surface area contributed by atoms with Gasteiger partial charge in [-0.1, -0.05) is 18.2 Å². The summed E-state index contributed by atoms with van der Waals surface area (Å²) in [5.74, 6) is 1.42. The number of fused-ring (bicyclic) bond motifs is 1. The standard InChI is InChI=1S/C16H13NO2/c1-11-9-16(18)14-10-13(7-8-15(14)17-11)19-12-5-3-2-4-6-12/h2-10H,1H3,(H,17,18). The second-order valence-electron chi connectivity index (χ2n) is 4.44. The van der Waals surface area contributed by atoms with E-state index in [9.17, 15) is 4.79 Å². The molecule has 0 bridgehead atoms. The molecule has 0 saturated carbocycles. The Morgan fingerprint density at radius 3 is 2.53 bits per heavy atom. The van der Waals surface area contributed by atoms with Gasteiger partial charge in [-0.15, -0.1) is 0 Å². The molecule has 0 aliphatic carbocycles. The maximum Gasteiger partial charge on any atom is 0.189 e. The van der Waals surface area contributed by atoms with E-state index in [2.05, 4.69) is 4.98 Å². The topological polar surface area (TPSA) is 42.1 Å². The van der Waals surface area contributed by atoms with Crippen LogP contribution in [-0.2, 0) is 0 Å². The van der Waals surface area contributed by atoms with Crippen molar-refractivity contribution in [1.29, 1.82) is 0 Å². The first-order valence-electron chi connectivity index (χ1n) is 6.09. The third-order valence-corrected chi connectivity index (χ3v) is 2.91. The molecule has 19 heavy (non-hydrogen) atoms. The third kappa shape index (κ3) is 2.36. The van der Waals surface area contributed by atoms with Crippen LogP contribution < -0.4 is 10.2 Å². The van der Waals surface area contributed by atoms with Crippen LogP contribution in [-0.4, -0.2) is 4.98 Å². The van der Waals surface area contributed by atoms with Gasteiger partial charge in [-0.3, -0.25) is 4.79 Å². The molecular formula is C16H13NO2. The minimum absolute atomic E-state index is 0.00441. The third-order valence-electron chi connectivity index (χ3n) is 2.91. The Morgan fingerprint density at radius 1 is 0.947 bits per heavy atom. The molecule has 1 N–H and O–H groups in total. The summed E-state index contributed by atoms with van der Waals surface area (Å²) < 4.78 is 5.72. The lowest BCUT2D eigenvalue weighted by Gasteiger charge is -2.06. The van der Waals surface area contributed by atoms with Crippen molar-refractivity contribution in [2.45, 2.75) is 6.92 Å². The van der Waals surface area contributed by atoms with Crippen molar-refractivity contribution in [1.82, 2.24) is 4.98 Å². The largest absolute Gasteiger partial charge is 0.457 e. The van der Waals surface area contributed by atoms with Crippen molar-refractivity contribution in [2.24, 2.45) is 0 Å². The second kappa shape index (κ2) is 4.61. The number of aromatic amines is 1. The Bertz CT molecular complexity index is 776. The van der Waals surface area contributed by atoms with Gasteiger partial charge in [-0.2, -0.15) is 0 Å². The van der Waals surface area contributed by atoms with Gasteiger partial charge in [-0.05, 0) is 37.3 Å². The lowest BCUT2D eigenvalue weighted by atomic mass is 10.2. The number of hydrogen-bond acceptors (Lipinski definition) is 2. The van der Waals surface area contributed by atoms with Gasteiger partial charge in [0, 0.05) is 22.7 Å². The van der Waals surface area contributed by atoms with Gasteiger partial charge in [0.2, 0.25) is 0 Å². The van der Waals surface area contributed by atoms with E-state index in [0.717, 1.165) is 17.0 Å². The van der Waals surface area contributed by atoms with Crippen molar-refractivity contribution in [3.63, 3.8) is 0 Å². The molecule has 1 heterocycles. The Hall–Kier alpha value is -2.55. The summed E-state index contributed by atoms with van der Waals surface area (Å²) in [6, 6.07) is 16.6. The smallest absolute Gasteiger partial charge is 0.189 e. The zero-order chi connectivity index (χ0) is 13.2. The summed E-state index contributed by atoms with van der Waals surface area (Å²) in [7, 11) is 0. The molecule has 0 aliphatic rings. The second-order valence-corrected chi connectivity index (χ2v) is 4.44. The van der Waals surface area contributed by atoms with Gasteiger partial charge in [-0.25, -0.2) is 0 Å². The predicted molar refractivity (Wildman–Crippen MR) is 75.8 cm³/mol. The summed E-state index contributed by atoms with van der Waals surface area (Å²) in [5, 5.41) is 0.638. The fraction of sp³-hybridized carbons (Fsp3) is 0.0625. The summed E-state index contributed by atoms with van der Waals surface area (Å²) in [4.78, 5) is 15.1. The van der Waals surface area contributed by atoms with E-state index < -0.39 is 0 Å². The molecule has 0 amide bonds. The summed E-state index contributed by atoms with van der Waals surface area (Å²) in [6.45, 7) is 1.87. The zero-order valence-corrected chi connectivity index (χ0v) is 10.5. The van der Waals surface area contributed by atoms with E-state index in [1.807, 2.05) is 49.4 Å². The molecular weight excluding hydrogens is 238 g/mol. The fourth-order valence-corrected chi connectivity index (χ4v) is 2.05. The van der Waals surface area contributed by atoms with E-state index in [4.69, 9.17) is 4.74 Å². The van der Waals surface area contributed by atoms with Crippen LogP contribution in [0.25, 0.3) is 10.9 Å². The zero-order valence-electron chi connectivity index (χ0n) is 10.5. The van der Waals surface area contributed by atoms with Crippen LogP contribution in [0.4, 0.5) is 0 Å². The first-order chi connectivity index (χ1) is 9.22. The monoisotopic (exact) mass is 251 g/mol. The molecule has 0 unspecified atom stereocenters. The number of pyridine rings is 1. The number of ether oxygens (including phenoxy) is 1. The van der Waals surface area contributed by atoms with Crippen LogP contribution >= 0.6 is 0 Å². The van der Waals surface area contributed by atoms with Gasteiger partial charge >= 0.3 is 0 Å². The number of rotatable bonds is 2. The minimum Gasteiger partial charge on any atom is -0.457 e. The number of aryl methyl sites for hydroxylation is 1. The van der Waals surface area contributed by atoms with E-state index in [0.29, 0.717) is 11.1 Å². The molecule has 3 heteroatoms. The summed E-state index contributed by atoms with van der Waals surface area (Å²) >= 11 is 0. The quantitative estimate of drug-likeness (QED) is 0.755. The average molecular weight is 251 g/mol. The van der Waals surface area contributed by atoms with Crippen LogP contribution in [0, 0.1) is 6.92 Å². The molecule has 0 aliphatic heterocycles. The van der Waals surface area contributed by atoms with Crippen molar-refractivity contribution in [3.05, 3.63) is 70.5 Å². The Morgan fingerprint density at radius 2 is 1.74 bits per heavy atom. The maximum atomic E-state index is 11.9. The number of hydrogen-bond donors (Lipinski definition) is 1. The van der Waals surface area contributed by atoms with Gasteiger partial charge in [0.1, 0.15) is 11.5 Å². The Balaban J connectivity index is 2.05. The number of para-hydroxylation sites is 1. The van der Waals surface area contributed by atoms with Crippen molar-refractivity contribution in [3.8, 4) is 11.5 Å². The van der Waals surface area contributed by atoms with E-state index in [1.54, 1.807) is 12.1 Å². The van der Waals surface area contributed by atoms with E-state index >= 15 is 0 Å². The molecule has 2 aromatic carbocycles. The highest BCUT2D eigenvalue weighted by Gasteiger charge is 2.03. The summed E-state index contributed by atoms with van der Waals surface area (Å²) in [6.07, 6.45) is 0. The average Bonchev–Trinajstić information content (AvgIpc) is 2.40. The number of aromatic nitrogens is 1. The van der Waals surface area contributed by atoms with Gasteiger partial charge in [0.05, 0.1) is 0 Å². The lowest BCUT2D eigenvalue weighted by Crippen LogP contribution is -2.02. The van der Waals surface area contributed by atoms with E-state index in [-0.39, 0.29) is 5.43 Å². The first-order valence-corrected chi connectivity index (χ1v) is 6.09. The molecule has 0 spiro atoms. The molecule has 94 valence electrons. The molecule has 3 rings (SSSR count). The summed E-state index contributed by atoms with van der Waals surface area (Å²) in [5.41, 5.74) is 1.68. The minimum atomic E-state index is 0.00441. The normalized spacial score (nSPS) is 10.6. The molecule has 0 atom stereocenters. The van der Waals surface area contributed by atoms with Crippen LogP contribution in [0.2, 0.25) is 0 Å². The van der Waals surface area contributed by atoms with Crippen LogP contribution in [0.15, 0.2) is 59.4 Å². The van der Waals surface area contributed by atoms with Crippen LogP contribution in [0.5, 0.6) is 11.5 Å². The maximum absolute atomic E-state index is 11.9. The van der Waals surface area contributed by atoms with Crippen LogP contribution in [0.3, 0.4) is 0 Å². The highest BCUT2D eigenvalue weighted by atomic mass is 16.5. The molecule has 3 nitrogen and oxygen atoms in total. The highest BCUT2D eigenvalue weighted by Crippen LogP contribution is 2.23. The Labute approximate surface area is 110 Å². The van der Waals surface area contributed by atoms with Crippen molar-refractivity contribution >= 4 is 10.9 Å². The van der Waals surface area contributed by atoms with Crippen molar-refractivity contribution < 1.29 is 4.74 Å². The predicted octanol–water partition coefficient (Wildman–Crippen LogP) is 3.63. The first kappa shape index (κ1) is 11.5. The fourth-order valence-electron chi connectivity index (χ4n) is 2.05. The SMILES string of the molecule is Cc1cc(=O)c2cc(Oc3ccccc3)ccc2[nH]1. The van der Waals surface area contributed by atoms with Gasteiger partial charge < -0.3 is 9.72 Å². The van der Waals surface area contributed by atoms with E-state index in [1.165, 1.54) is 0 Å². The molecule has 0 saturated heterocycles. The van der Waals surface area contributed by atoms with Crippen LogP contribution in [0.1, 0.15) is 5.69 Å². The number of nitrogens with one attached hydrogen (secondary N) is 1. The Kier molecular flexibility index (Phi) is 2.80. The lowest BCUT2D eigenvalue weighted by molar-refractivity contribution is 0.483. The number of H-pyrrole nitrogens is 1. The van der Waals surface area contributed by atoms with Gasteiger partial charge in [0.15, 0.2) is 5.43 Å².